The summed E-state index contributed by atoms with van der Waals surface area (Å²) in [6, 6.07) is 17.3. The highest BCUT2D eigenvalue weighted by atomic mass is 32.2. The Morgan fingerprint density at radius 2 is 1.76 bits per heavy atom. The largest absolute Gasteiger partial charge is 0.345 e. The molecule has 1 fully saturated rings. The molecule has 0 amide bonds. The minimum Gasteiger partial charge on any atom is -0.345 e. The summed E-state index contributed by atoms with van der Waals surface area (Å²) in [7, 11) is -3.34. The van der Waals surface area contributed by atoms with Crippen molar-refractivity contribution in [2.45, 2.75) is 13.2 Å². The number of sulfonamides is 1. The lowest BCUT2D eigenvalue weighted by molar-refractivity contribution is -0.231. The third-order valence-electron chi connectivity index (χ3n) is 5.93. The van der Waals surface area contributed by atoms with Crippen LogP contribution in [0.1, 0.15) is 19.0 Å². The van der Waals surface area contributed by atoms with Crippen molar-refractivity contribution in [1.29, 1.82) is 0 Å². The van der Waals surface area contributed by atoms with Crippen LogP contribution in [0.5, 0.6) is 0 Å². The van der Waals surface area contributed by atoms with Crippen LogP contribution >= 0.6 is 0 Å². The number of benzene rings is 2. The summed E-state index contributed by atoms with van der Waals surface area (Å²) in [5.41, 5.74) is 2.67. The number of para-hydroxylation sites is 1. The summed E-state index contributed by atoms with van der Waals surface area (Å²) in [6.45, 7) is 2.56. The quantitative estimate of drug-likeness (QED) is 0.307. The zero-order valence-corrected chi connectivity index (χ0v) is 21.6. The zero-order chi connectivity index (χ0) is 26.8. The van der Waals surface area contributed by atoms with Gasteiger partial charge in [-0.1, -0.05) is 25.1 Å². The van der Waals surface area contributed by atoms with E-state index in [0.29, 0.717) is 34.4 Å². The molecule has 198 valence electrons. The second-order valence-corrected chi connectivity index (χ2v) is 11.3. The Kier molecular flexibility index (Phi) is 7.21. The Hall–Kier alpha value is -3.71. The normalized spacial score (nSPS) is 19.8. The van der Waals surface area contributed by atoms with E-state index in [9.17, 15) is 12.8 Å². The predicted octanol–water partition coefficient (Wildman–Crippen LogP) is 4.02. The molecule has 0 atom stereocenters. The van der Waals surface area contributed by atoms with Crippen LogP contribution in [0, 0.1) is 11.2 Å². The number of nitrogens with zero attached hydrogens (tertiary/aromatic N) is 3. The second kappa shape index (κ2) is 10.6. The molecule has 3 heterocycles. The van der Waals surface area contributed by atoms with Gasteiger partial charge < -0.3 is 19.8 Å². The van der Waals surface area contributed by atoms with Crippen LogP contribution < -0.4 is 10.0 Å². The summed E-state index contributed by atoms with van der Waals surface area (Å²) in [5.74, 6) is 0.450. The molecular weight excluding hydrogens is 511 g/mol. The Bertz CT molecular complexity index is 1500. The molecule has 1 aliphatic rings. The summed E-state index contributed by atoms with van der Waals surface area (Å²) in [6.07, 6.45) is 1.94. The number of hydrogen-bond acceptors (Lipinski definition) is 8. The van der Waals surface area contributed by atoms with Gasteiger partial charge in [0.15, 0.2) is 5.82 Å². The fourth-order valence-electron chi connectivity index (χ4n) is 3.92. The fraction of sp³-hybridized carbons (Fsp3) is 0.269. The zero-order valence-electron chi connectivity index (χ0n) is 20.8. The molecule has 1 saturated heterocycles. The molecule has 10 nitrogen and oxygen atoms in total. The first kappa shape index (κ1) is 25.9. The minimum atomic E-state index is -3.34. The van der Waals surface area contributed by atoms with Crippen LogP contribution in [0.15, 0.2) is 66.9 Å². The number of hydrogen-bond donors (Lipinski definition) is 3. The van der Waals surface area contributed by atoms with Gasteiger partial charge in [0.25, 0.3) is 0 Å². The number of anilines is 2. The Labute approximate surface area is 219 Å². The van der Waals surface area contributed by atoms with Crippen molar-refractivity contribution < 1.29 is 22.3 Å². The molecule has 2 aromatic carbocycles. The molecule has 4 aromatic rings. The molecule has 0 radical (unpaired) electrons. The average Bonchev–Trinajstić information content (AvgIpc) is 3.34. The molecule has 0 spiro atoms. The molecule has 3 N–H and O–H groups in total. The molecule has 0 saturated carbocycles. The number of ether oxygens (including phenoxy) is 2. The van der Waals surface area contributed by atoms with Gasteiger partial charge >= 0.3 is 0 Å². The Morgan fingerprint density at radius 1 is 1.05 bits per heavy atom. The molecule has 0 bridgehead atoms. The van der Waals surface area contributed by atoms with Gasteiger partial charge in [-0.3, -0.25) is 0 Å². The van der Waals surface area contributed by atoms with Crippen molar-refractivity contribution in [3.8, 4) is 22.6 Å². The number of imidazole rings is 1. The van der Waals surface area contributed by atoms with E-state index in [4.69, 9.17) is 14.5 Å². The standard InChI is InChI=1S/C26H27FN6O4S/c1-26(14-29-38(2,34)35)15-36-24(37-16-26)23-32-21(17-8-10-18(27)11-9-17)22(33-23)20-12-13-28-25(31-20)30-19-6-4-3-5-7-19/h3-13,24,29H,14-16H2,1-2H3,(H,32,33)(H,28,30,31). The van der Waals surface area contributed by atoms with E-state index >= 15 is 0 Å². The van der Waals surface area contributed by atoms with Gasteiger partial charge in [0, 0.05) is 29.4 Å². The molecule has 12 heteroatoms. The van der Waals surface area contributed by atoms with Crippen LogP contribution in [-0.4, -0.2) is 54.4 Å². The van der Waals surface area contributed by atoms with E-state index in [2.05, 4.69) is 25.0 Å². The second-order valence-electron chi connectivity index (χ2n) is 9.47. The smallest absolute Gasteiger partial charge is 0.227 e. The van der Waals surface area contributed by atoms with Gasteiger partial charge in [0.1, 0.15) is 5.82 Å². The maximum absolute atomic E-state index is 13.7. The summed E-state index contributed by atoms with van der Waals surface area (Å²) in [4.78, 5) is 17.0. The monoisotopic (exact) mass is 538 g/mol. The van der Waals surface area contributed by atoms with Crippen LogP contribution in [-0.2, 0) is 19.5 Å². The van der Waals surface area contributed by atoms with Crippen LogP contribution in [0.2, 0.25) is 0 Å². The van der Waals surface area contributed by atoms with E-state index in [1.54, 1.807) is 24.4 Å². The van der Waals surface area contributed by atoms with Crippen LogP contribution in [0.3, 0.4) is 0 Å². The number of rotatable bonds is 8. The van der Waals surface area contributed by atoms with Gasteiger partial charge in [-0.25, -0.2) is 32.5 Å². The highest BCUT2D eigenvalue weighted by molar-refractivity contribution is 7.88. The van der Waals surface area contributed by atoms with Gasteiger partial charge in [-0.2, -0.15) is 0 Å². The highest BCUT2D eigenvalue weighted by Crippen LogP contribution is 2.35. The van der Waals surface area contributed by atoms with Gasteiger partial charge in [-0.15, -0.1) is 0 Å². The van der Waals surface area contributed by atoms with E-state index in [0.717, 1.165) is 11.9 Å². The predicted molar refractivity (Wildman–Crippen MR) is 140 cm³/mol. The number of halogens is 1. The van der Waals surface area contributed by atoms with Crippen molar-refractivity contribution in [2.75, 3.05) is 31.3 Å². The Morgan fingerprint density at radius 3 is 2.45 bits per heavy atom. The number of aromatic nitrogens is 4. The third kappa shape index (κ3) is 6.22. The first-order valence-corrected chi connectivity index (χ1v) is 13.8. The minimum absolute atomic E-state index is 0.181. The molecule has 1 aliphatic heterocycles. The summed E-state index contributed by atoms with van der Waals surface area (Å²) < 4.78 is 51.1. The van der Waals surface area contributed by atoms with Crippen molar-refractivity contribution in [3.05, 3.63) is 78.5 Å². The Balaban J connectivity index is 1.43. The topological polar surface area (TPSA) is 131 Å². The molecule has 0 aliphatic carbocycles. The average molecular weight is 539 g/mol. The van der Waals surface area contributed by atoms with E-state index in [1.807, 2.05) is 37.3 Å². The van der Waals surface area contributed by atoms with Gasteiger partial charge in [0.05, 0.1) is 36.6 Å². The maximum atomic E-state index is 13.7. The SMILES string of the molecule is CC1(CNS(C)(=O)=O)COC(c2nc(-c3ccc(F)cc3)c(-c3ccnc(Nc4ccccc4)n3)[nH]2)OC1. The summed E-state index contributed by atoms with van der Waals surface area (Å²) >= 11 is 0. The molecule has 0 unspecified atom stereocenters. The number of H-pyrrole nitrogens is 1. The van der Waals surface area contributed by atoms with Crippen molar-refractivity contribution in [1.82, 2.24) is 24.7 Å². The number of aromatic amines is 1. The number of nitrogens with one attached hydrogen (secondary N) is 3. The molecular formula is C26H27FN6O4S. The van der Waals surface area contributed by atoms with Crippen molar-refractivity contribution >= 4 is 21.7 Å². The van der Waals surface area contributed by atoms with E-state index in [-0.39, 0.29) is 25.6 Å². The van der Waals surface area contributed by atoms with Gasteiger partial charge in [0.2, 0.25) is 22.3 Å². The molecule has 2 aromatic heterocycles. The molecule has 38 heavy (non-hydrogen) atoms. The van der Waals surface area contributed by atoms with E-state index < -0.39 is 21.7 Å². The lowest BCUT2D eigenvalue weighted by Crippen LogP contribution is -2.45. The first-order chi connectivity index (χ1) is 18.2. The van der Waals surface area contributed by atoms with Crippen LogP contribution in [0.25, 0.3) is 22.6 Å². The highest BCUT2D eigenvalue weighted by Gasteiger charge is 2.35. The maximum Gasteiger partial charge on any atom is 0.227 e. The lowest BCUT2D eigenvalue weighted by Gasteiger charge is -2.36. The third-order valence-corrected chi connectivity index (χ3v) is 6.60. The first-order valence-electron chi connectivity index (χ1n) is 11.9. The van der Waals surface area contributed by atoms with Gasteiger partial charge in [-0.05, 0) is 42.5 Å². The fourth-order valence-corrected chi connectivity index (χ4v) is 4.53. The van der Waals surface area contributed by atoms with Crippen LogP contribution in [0.4, 0.5) is 16.0 Å². The van der Waals surface area contributed by atoms with Crippen molar-refractivity contribution in [2.24, 2.45) is 5.41 Å². The summed E-state index contributed by atoms with van der Waals surface area (Å²) in [5, 5.41) is 3.18. The lowest BCUT2D eigenvalue weighted by atomic mass is 9.92. The molecule has 5 rings (SSSR count). The van der Waals surface area contributed by atoms with Crippen molar-refractivity contribution in [3.63, 3.8) is 0 Å². The van der Waals surface area contributed by atoms with E-state index in [1.165, 1.54) is 12.1 Å².